The number of ketones is 1. The second-order valence-electron chi connectivity index (χ2n) is 4.63. The molecule has 0 bridgehead atoms. The minimum absolute atomic E-state index is 0.0670. The Morgan fingerprint density at radius 3 is 2.29 bits per heavy atom. The maximum atomic E-state index is 11.1. The Hall–Kier alpha value is -1.35. The maximum Gasteiger partial charge on any atom is 0.159 e. The standard InChI is InChI=1S/C14H18O3/c1-10(15)11-2-6-13(7-3-11)17-14-8-4-12(16)5-9-14/h2-3,6-7,12,14,16H,4-5,8-9H2,1H3. The topological polar surface area (TPSA) is 46.5 Å². The lowest BCUT2D eigenvalue weighted by molar-refractivity contribution is 0.0666. The predicted octanol–water partition coefficient (Wildman–Crippen LogP) is 2.57. The highest BCUT2D eigenvalue weighted by Gasteiger charge is 2.20. The van der Waals surface area contributed by atoms with Crippen LogP contribution >= 0.6 is 0 Å². The van der Waals surface area contributed by atoms with Gasteiger partial charge in [-0.3, -0.25) is 4.79 Å². The summed E-state index contributed by atoms with van der Waals surface area (Å²) in [6.45, 7) is 1.55. The number of aliphatic hydroxyl groups is 1. The van der Waals surface area contributed by atoms with Gasteiger partial charge in [0.1, 0.15) is 5.75 Å². The predicted molar refractivity (Wildman–Crippen MR) is 65.3 cm³/mol. The van der Waals surface area contributed by atoms with E-state index in [-0.39, 0.29) is 18.0 Å². The van der Waals surface area contributed by atoms with Crippen molar-refractivity contribution in [1.82, 2.24) is 0 Å². The van der Waals surface area contributed by atoms with E-state index in [4.69, 9.17) is 4.74 Å². The van der Waals surface area contributed by atoms with Crippen LogP contribution in [0, 0.1) is 0 Å². The Morgan fingerprint density at radius 1 is 1.18 bits per heavy atom. The van der Waals surface area contributed by atoms with Crippen LogP contribution in [0.1, 0.15) is 43.0 Å². The van der Waals surface area contributed by atoms with Crippen LogP contribution in [0.25, 0.3) is 0 Å². The minimum Gasteiger partial charge on any atom is -0.490 e. The molecule has 1 aromatic rings. The molecule has 0 unspecified atom stereocenters. The van der Waals surface area contributed by atoms with Gasteiger partial charge in [-0.1, -0.05) is 0 Å². The molecule has 1 aromatic carbocycles. The molecule has 1 aliphatic carbocycles. The summed E-state index contributed by atoms with van der Waals surface area (Å²) in [5, 5.41) is 9.40. The molecule has 0 aliphatic heterocycles. The van der Waals surface area contributed by atoms with Gasteiger partial charge in [0.2, 0.25) is 0 Å². The van der Waals surface area contributed by atoms with Crippen LogP contribution in [0.2, 0.25) is 0 Å². The number of benzene rings is 1. The molecule has 92 valence electrons. The van der Waals surface area contributed by atoms with E-state index in [1.165, 1.54) is 0 Å². The molecule has 3 nitrogen and oxygen atoms in total. The first-order valence-corrected chi connectivity index (χ1v) is 6.11. The SMILES string of the molecule is CC(=O)c1ccc(OC2CCC(O)CC2)cc1. The van der Waals surface area contributed by atoms with Crippen molar-refractivity contribution in [3.05, 3.63) is 29.8 Å². The molecule has 0 spiro atoms. The highest BCUT2D eigenvalue weighted by molar-refractivity contribution is 5.94. The monoisotopic (exact) mass is 234 g/mol. The summed E-state index contributed by atoms with van der Waals surface area (Å²) < 4.78 is 5.82. The summed E-state index contributed by atoms with van der Waals surface area (Å²) in [6, 6.07) is 7.24. The molecule has 1 saturated carbocycles. The smallest absolute Gasteiger partial charge is 0.159 e. The van der Waals surface area contributed by atoms with Crippen molar-refractivity contribution in [2.24, 2.45) is 0 Å². The zero-order valence-electron chi connectivity index (χ0n) is 10.1. The van der Waals surface area contributed by atoms with Crippen LogP contribution < -0.4 is 4.74 Å². The van der Waals surface area contributed by atoms with E-state index in [2.05, 4.69) is 0 Å². The Labute approximate surface area is 101 Å². The van der Waals surface area contributed by atoms with Crippen molar-refractivity contribution in [3.8, 4) is 5.75 Å². The molecule has 3 heteroatoms. The quantitative estimate of drug-likeness (QED) is 0.818. The molecule has 0 aromatic heterocycles. The first kappa shape index (κ1) is 12.1. The van der Waals surface area contributed by atoms with Gasteiger partial charge in [-0.15, -0.1) is 0 Å². The first-order valence-electron chi connectivity index (χ1n) is 6.11. The van der Waals surface area contributed by atoms with E-state index in [9.17, 15) is 9.90 Å². The van der Waals surface area contributed by atoms with E-state index >= 15 is 0 Å². The van der Waals surface area contributed by atoms with Gasteiger partial charge in [0, 0.05) is 5.56 Å². The fourth-order valence-corrected chi connectivity index (χ4v) is 2.12. The minimum atomic E-state index is -0.157. The van der Waals surface area contributed by atoms with Gasteiger partial charge in [0.05, 0.1) is 12.2 Å². The van der Waals surface area contributed by atoms with Crippen LogP contribution in [-0.4, -0.2) is 23.1 Å². The first-order chi connectivity index (χ1) is 8.15. The second kappa shape index (κ2) is 5.32. The lowest BCUT2D eigenvalue weighted by atomic mass is 9.95. The highest BCUT2D eigenvalue weighted by atomic mass is 16.5. The van der Waals surface area contributed by atoms with E-state index in [0.717, 1.165) is 31.4 Å². The van der Waals surface area contributed by atoms with E-state index < -0.39 is 0 Å². The Morgan fingerprint density at radius 2 is 1.76 bits per heavy atom. The number of carbonyl (C=O) groups is 1. The average Bonchev–Trinajstić information content (AvgIpc) is 2.33. The van der Waals surface area contributed by atoms with Crippen molar-refractivity contribution in [2.45, 2.75) is 44.8 Å². The van der Waals surface area contributed by atoms with Crippen LogP contribution in [-0.2, 0) is 0 Å². The summed E-state index contributed by atoms with van der Waals surface area (Å²) in [4.78, 5) is 11.1. The Balaban J connectivity index is 1.92. The van der Waals surface area contributed by atoms with E-state index in [1.807, 2.05) is 12.1 Å². The highest BCUT2D eigenvalue weighted by Crippen LogP contribution is 2.24. The van der Waals surface area contributed by atoms with Gasteiger partial charge in [-0.2, -0.15) is 0 Å². The third-order valence-corrected chi connectivity index (χ3v) is 3.21. The van der Waals surface area contributed by atoms with Crippen LogP contribution in [0.4, 0.5) is 0 Å². The number of carbonyl (C=O) groups excluding carboxylic acids is 1. The number of aliphatic hydroxyl groups excluding tert-OH is 1. The van der Waals surface area contributed by atoms with Gasteiger partial charge < -0.3 is 9.84 Å². The molecule has 17 heavy (non-hydrogen) atoms. The van der Waals surface area contributed by atoms with Gasteiger partial charge in [0.25, 0.3) is 0 Å². The maximum absolute atomic E-state index is 11.1. The molecule has 0 amide bonds. The number of Topliss-reactive ketones (excluding diaryl/α,β-unsaturated/α-hetero) is 1. The third kappa shape index (κ3) is 3.30. The Bertz CT molecular complexity index is 375. The van der Waals surface area contributed by atoms with Crippen LogP contribution in [0.3, 0.4) is 0 Å². The average molecular weight is 234 g/mol. The number of ether oxygens (including phenoxy) is 1. The van der Waals surface area contributed by atoms with Gasteiger partial charge in [-0.05, 0) is 56.9 Å². The summed E-state index contributed by atoms with van der Waals surface area (Å²) in [7, 11) is 0. The lowest BCUT2D eigenvalue weighted by Crippen LogP contribution is -2.26. The van der Waals surface area contributed by atoms with Crippen molar-refractivity contribution in [3.63, 3.8) is 0 Å². The third-order valence-electron chi connectivity index (χ3n) is 3.21. The van der Waals surface area contributed by atoms with Crippen LogP contribution in [0.15, 0.2) is 24.3 Å². The number of rotatable bonds is 3. The number of hydrogen-bond acceptors (Lipinski definition) is 3. The van der Waals surface area contributed by atoms with Gasteiger partial charge >= 0.3 is 0 Å². The van der Waals surface area contributed by atoms with Gasteiger partial charge in [0.15, 0.2) is 5.78 Å². The molecular weight excluding hydrogens is 216 g/mol. The molecule has 2 rings (SSSR count). The second-order valence-corrected chi connectivity index (χ2v) is 4.63. The molecule has 1 fully saturated rings. The zero-order chi connectivity index (χ0) is 12.3. The van der Waals surface area contributed by atoms with Crippen molar-refractivity contribution < 1.29 is 14.6 Å². The van der Waals surface area contributed by atoms with Crippen LogP contribution in [0.5, 0.6) is 5.75 Å². The van der Waals surface area contributed by atoms with Gasteiger partial charge in [-0.25, -0.2) is 0 Å². The normalized spacial score (nSPS) is 24.4. The Kier molecular flexibility index (Phi) is 3.79. The molecule has 0 radical (unpaired) electrons. The zero-order valence-corrected chi connectivity index (χ0v) is 10.1. The van der Waals surface area contributed by atoms with E-state index in [1.54, 1.807) is 19.1 Å². The fraction of sp³-hybridized carbons (Fsp3) is 0.500. The summed E-state index contributed by atoms with van der Waals surface area (Å²) in [5.41, 5.74) is 0.705. The fourth-order valence-electron chi connectivity index (χ4n) is 2.12. The molecule has 1 N–H and O–H groups in total. The largest absolute Gasteiger partial charge is 0.490 e. The number of hydrogen-bond donors (Lipinski definition) is 1. The molecule has 1 aliphatic rings. The summed E-state index contributed by atoms with van der Waals surface area (Å²) >= 11 is 0. The molecule has 0 atom stereocenters. The van der Waals surface area contributed by atoms with Crippen molar-refractivity contribution >= 4 is 5.78 Å². The van der Waals surface area contributed by atoms with Crippen molar-refractivity contribution in [1.29, 1.82) is 0 Å². The molecular formula is C14H18O3. The van der Waals surface area contributed by atoms with Crippen molar-refractivity contribution in [2.75, 3.05) is 0 Å². The van der Waals surface area contributed by atoms with E-state index in [0.29, 0.717) is 5.56 Å². The summed E-state index contributed by atoms with van der Waals surface area (Å²) in [6.07, 6.45) is 3.47. The molecule has 0 saturated heterocycles. The molecule has 0 heterocycles. The lowest BCUT2D eigenvalue weighted by Gasteiger charge is -2.26. The summed E-state index contributed by atoms with van der Waals surface area (Å²) in [5.74, 6) is 0.869.